The van der Waals surface area contributed by atoms with Crippen LogP contribution in [0.2, 0.25) is 0 Å². The molecule has 3 nitrogen and oxygen atoms in total. The Bertz CT molecular complexity index is 507. The van der Waals surface area contributed by atoms with Gasteiger partial charge in [-0.05, 0) is 11.1 Å². The molecule has 0 heterocycles. The Balaban J connectivity index is 2.69. The summed E-state index contributed by atoms with van der Waals surface area (Å²) in [7, 11) is 0. The summed E-state index contributed by atoms with van der Waals surface area (Å²) < 4.78 is 0. The molecule has 0 radical (unpaired) electrons. The lowest BCUT2D eigenvalue weighted by molar-refractivity contribution is -0.144. The standard InChI is InChI=1S/C15H12O3/c16-11-15(14(17)18,12-7-3-1-4-8-12)13-9-5-2-6-10-13/h1-11H,(H,17,18). The van der Waals surface area contributed by atoms with Crippen LogP contribution >= 0.6 is 0 Å². The van der Waals surface area contributed by atoms with Gasteiger partial charge < -0.3 is 9.90 Å². The van der Waals surface area contributed by atoms with Crippen molar-refractivity contribution in [3.8, 4) is 0 Å². The van der Waals surface area contributed by atoms with Gasteiger partial charge in [0.15, 0.2) is 5.41 Å². The molecular formula is C15H12O3. The van der Waals surface area contributed by atoms with Crippen LogP contribution in [0.15, 0.2) is 60.7 Å². The van der Waals surface area contributed by atoms with Crippen LogP contribution in [-0.4, -0.2) is 17.4 Å². The number of benzene rings is 2. The van der Waals surface area contributed by atoms with Crippen LogP contribution in [0.4, 0.5) is 0 Å². The van der Waals surface area contributed by atoms with Crippen LogP contribution in [0.3, 0.4) is 0 Å². The number of carbonyl (C=O) groups excluding carboxylic acids is 1. The van der Waals surface area contributed by atoms with E-state index in [0.29, 0.717) is 17.4 Å². The Kier molecular flexibility index (Phi) is 3.24. The Morgan fingerprint density at radius 1 is 0.889 bits per heavy atom. The van der Waals surface area contributed by atoms with Gasteiger partial charge in [-0.1, -0.05) is 60.7 Å². The molecular weight excluding hydrogens is 228 g/mol. The fourth-order valence-corrected chi connectivity index (χ4v) is 2.00. The van der Waals surface area contributed by atoms with Crippen LogP contribution in [0.1, 0.15) is 11.1 Å². The minimum atomic E-state index is -1.64. The lowest BCUT2D eigenvalue weighted by Crippen LogP contribution is -2.38. The van der Waals surface area contributed by atoms with Crippen LogP contribution in [0.5, 0.6) is 0 Å². The molecule has 0 unspecified atom stereocenters. The van der Waals surface area contributed by atoms with Crippen molar-refractivity contribution in [1.82, 2.24) is 0 Å². The predicted molar refractivity (Wildman–Crippen MR) is 67.4 cm³/mol. The van der Waals surface area contributed by atoms with Crippen molar-refractivity contribution in [2.75, 3.05) is 0 Å². The number of hydrogen-bond donors (Lipinski definition) is 1. The third kappa shape index (κ3) is 1.80. The van der Waals surface area contributed by atoms with Gasteiger partial charge >= 0.3 is 5.97 Å². The highest BCUT2D eigenvalue weighted by Crippen LogP contribution is 2.30. The molecule has 3 heteroatoms. The molecule has 2 aromatic carbocycles. The molecule has 18 heavy (non-hydrogen) atoms. The van der Waals surface area contributed by atoms with Crippen molar-refractivity contribution in [3.05, 3.63) is 71.8 Å². The smallest absolute Gasteiger partial charge is 0.326 e. The highest BCUT2D eigenvalue weighted by atomic mass is 16.4. The summed E-state index contributed by atoms with van der Waals surface area (Å²) in [6, 6.07) is 17.0. The first-order chi connectivity index (χ1) is 8.71. The largest absolute Gasteiger partial charge is 0.480 e. The fraction of sp³-hybridized carbons (Fsp3) is 0.0667. The van der Waals surface area contributed by atoms with Crippen molar-refractivity contribution in [2.45, 2.75) is 5.41 Å². The number of carboxylic acids is 1. The molecule has 2 aromatic rings. The number of aliphatic carboxylic acids is 1. The van der Waals surface area contributed by atoms with Gasteiger partial charge in [-0.25, -0.2) is 0 Å². The minimum Gasteiger partial charge on any atom is -0.480 e. The molecule has 0 aliphatic heterocycles. The van der Waals surface area contributed by atoms with Crippen molar-refractivity contribution in [1.29, 1.82) is 0 Å². The number of aldehydes is 1. The van der Waals surface area contributed by atoms with Crippen molar-refractivity contribution >= 4 is 12.3 Å². The zero-order valence-corrected chi connectivity index (χ0v) is 9.61. The van der Waals surface area contributed by atoms with Crippen molar-refractivity contribution in [2.24, 2.45) is 0 Å². The number of hydrogen-bond acceptors (Lipinski definition) is 2. The molecule has 90 valence electrons. The van der Waals surface area contributed by atoms with Gasteiger partial charge in [-0.15, -0.1) is 0 Å². The molecule has 0 saturated heterocycles. The molecule has 2 rings (SSSR count). The Labute approximate surface area is 105 Å². The topological polar surface area (TPSA) is 54.4 Å². The maximum Gasteiger partial charge on any atom is 0.326 e. The summed E-state index contributed by atoms with van der Waals surface area (Å²) in [5.41, 5.74) is -0.722. The molecule has 0 atom stereocenters. The molecule has 0 aliphatic carbocycles. The number of carboxylic acid groups (broad SMARTS) is 1. The van der Waals surface area contributed by atoms with E-state index in [1.165, 1.54) is 0 Å². The van der Waals surface area contributed by atoms with Gasteiger partial charge in [0.2, 0.25) is 0 Å². The van der Waals surface area contributed by atoms with Gasteiger partial charge in [0.1, 0.15) is 6.29 Å². The van der Waals surface area contributed by atoms with Crippen LogP contribution in [0.25, 0.3) is 0 Å². The van der Waals surface area contributed by atoms with E-state index in [4.69, 9.17) is 0 Å². The van der Waals surface area contributed by atoms with Crippen LogP contribution in [0, 0.1) is 0 Å². The average molecular weight is 240 g/mol. The van der Waals surface area contributed by atoms with Crippen molar-refractivity contribution < 1.29 is 14.7 Å². The first kappa shape index (κ1) is 12.0. The maximum absolute atomic E-state index is 11.6. The van der Waals surface area contributed by atoms with E-state index in [-0.39, 0.29) is 0 Å². The monoisotopic (exact) mass is 240 g/mol. The van der Waals surface area contributed by atoms with Gasteiger partial charge in [-0.2, -0.15) is 0 Å². The molecule has 0 bridgehead atoms. The summed E-state index contributed by atoms with van der Waals surface area (Å²) in [5, 5.41) is 9.50. The molecule has 0 saturated carbocycles. The number of carbonyl (C=O) groups is 2. The predicted octanol–water partition coefficient (Wildman–Crippen LogP) is 2.26. The molecule has 0 amide bonds. The summed E-state index contributed by atoms with van der Waals surface area (Å²) in [6.07, 6.45) is 0.486. The Morgan fingerprint density at radius 2 is 1.28 bits per heavy atom. The molecule has 1 N–H and O–H groups in total. The normalized spacial score (nSPS) is 10.9. The molecule has 0 aliphatic rings. The second kappa shape index (κ2) is 4.84. The zero-order chi connectivity index (χ0) is 13.0. The van der Waals surface area contributed by atoms with Gasteiger partial charge in [0, 0.05) is 0 Å². The van der Waals surface area contributed by atoms with Crippen LogP contribution < -0.4 is 0 Å². The van der Waals surface area contributed by atoms with Crippen LogP contribution in [-0.2, 0) is 15.0 Å². The van der Waals surface area contributed by atoms with Gasteiger partial charge in [0.25, 0.3) is 0 Å². The average Bonchev–Trinajstić information content (AvgIpc) is 2.42. The highest BCUT2D eigenvalue weighted by Gasteiger charge is 2.42. The summed E-state index contributed by atoms with van der Waals surface area (Å²) in [6.45, 7) is 0. The van der Waals surface area contributed by atoms with E-state index in [2.05, 4.69) is 0 Å². The van der Waals surface area contributed by atoms with E-state index >= 15 is 0 Å². The first-order valence-electron chi connectivity index (χ1n) is 5.52. The summed E-state index contributed by atoms with van der Waals surface area (Å²) in [4.78, 5) is 23.1. The van der Waals surface area contributed by atoms with Gasteiger partial charge in [-0.3, -0.25) is 4.79 Å². The fourth-order valence-electron chi connectivity index (χ4n) is 2.00. The second-order valence-corrected chi connectivity index (χ2v) is 3.96. The lowest BCUT2D eigenvalue weighted by Gasteiger charge is -2.24. The van der Waals surface area contributed by atoms with E-state index in [1.54, 1.807) is 60.7 Å². The van der Waals surface area contributed by atoms with E-state index in [9.17, 15) is 14.7 Å². The summed E-state index contributed by atoms with van der Waals surface area (Å²) >= 11 is 0. The second-order valence-electron chi connectivity index (χ2n) is 3.96. The SMILES string of the molecule is O=CC(C(=O)O)(c1ccccc1)c1ccccc1. The third-order valence-electron chi connectivity index (χ3n) is 2.97. The first-order valence-corrected chi connectivity index (χ1v) is 5.52. The van der Waals surface area contributed by atoms with E-state index in [1.807, 2.05) is 0 Å². The third-order valence-corrected chi connectivity index (χ3v) is 2.97. The minimum absolute atomic E-state index is 0.457. The van der Waals surface area contributed by atoms with Crippen molar-refractivity contribution in [3.63, 3.8) is 0 Å². The van der Waals surface area contributed by atoms with Gasteiger partial charge in [0.05, 0.1) is 0 Å². The molecule has 0 fully saturated rings. The Morgan fingerprint density at radius 3 is 1.56 bits per heavy atom. The maximum atomic E-state index is 11.6. The summed E-state index contributed by atoms with van der Waals surface area (Å²) in [5.74, 6) is -1.17. The van der Waals surface area contributed by atoms with E-state index < -0.39 is 11.4 Å². The van der Waals surface area contributed by atoms with E-state index in [0.717, 1.165) is 0 Å². The quantitative estimate of drug-likeness (QED) is 0.658. The highest BCUT2D eigenvalue weighted by molar-refractivity contribution is 6.03. The Hall–Kier alpha value is -2.42. The number of rotatable bonds is 4. The molecule has 0 aromatic heterocycles. The zero-order valence-electron chi connectivity index (χ0n) is 9.61. The molecule has 0 spiro atoms. The lowest BCUT2D eigenvalue weighted by atomic mass is 9.76.